The van der Waals surface area contributed by atoms with Crippen LogP contribution >= 0.6 is 0 Å². The lowest BCUT2D eigenvalue weighted by Crippen LogP contribution is -2.03. The number of rotatable bonds is 2. The summed E-state index contributed by atoms with van der Waals surface area (Å²) < 4.78 is 6.20. The van der Waals surface area contributed by atoms with Crippen LogP contribution in [-0.4, -0.2) is 0 Å². The van der Waals surface area contributed by atoms with Gasteiger partial charge >= 0.3 is 0 Å². The summed E-state index contributed by atoms with van der Waals surface area (Å²) in [5, 5.41) is 0. The number of allylic oxidation sites excluding steroid dienone is 1. The van der Waals surface area contributed by atoms with E-state index in [2.05, 4.69) is 66.7 Å². The van der Waals surface area contributed by atoms with Crippen LogP contribution in [0.4, 0.5) is 0 Å². The van der Waals surface area contributed by atoms with E-state index in [4.69, 9.17) is 4.74 Å². The lowest BCUT2D eigenvalue weighted by molar-refractivity contribution is 0.442. The summed E-state index contributed by atoms with van der Waals surface area (Å²) in [6.07, 6.45) is 4.16. The van der Waals surface area contributed by atoms with E-state index in [9.17, 15) is 0 Å². The lowest BCUT2D eigenvalue weighted by atomic mass is 9.95. The molecule has 1 aliphatic rings. The van der Waals surface area contributed by atoms with Crippen molar-refractivity contribution in [1.82, 2.24) is 0 Å². The quantitative estimate of drug-likeness (QED) is 0.602. The Morgan fingerprint density at radius 1 is 0.565 bits per heavy atom. The first kappa shape index (κ1) is 13.6. The zero-order valence-electron chi connectivity index (χ0n) is 12.6. The van der Waals surface area contributed by atoms with Gasteiger partial charge in [0.05, 0.1) is 0 Å². The Morgan fingerprint density at radius 3 is 1.78 bits per heavy atom. The molecule has 0 radical (unpaired) electrons. The van der Waals surface area contributed by atoms with Crippen molar-refractivity contribution < 1.29 is 4.74 Å². The third kappa shape index (κ3) is 2.69. The molecule has 0 saturated carbocycles. The molecule has 0 aliphatic carbocycles. The molecule has 0 amide bonds. The summed E-state index contributed by atoms with van der Waals surface area (Å²) >= 11 is 0. The summed E-state index contributed by atoms with van der Waals surface area (Å²) in [5.74, 6) is 1.77. The third-order valence-electron chi connectivity index (χ3n) is 3.92. The van der Waals surface area contributed by atoms with Gasteiger partial charge in [-0.05, 0) is 29.3 Å². The minimum absolute atomic E-state index is 0.876. The van der Waals surface area contributed by atoms with Gasteiger partial charge < -0.3 is 4.74 Å². The van der Waals surface area contributed by atoms with E-state index in [1.165, 1.54) is 0 Å². The topological polar surface area (TPSA) is 9.23 Å². The van der Waals surface area contributed by atoms with Crippen molar-refractivity contribution in [1.29, 1.82) is 0 Å². The van der Waals surface area contributed by atoms with Gasteiger partial charge in [-0.3, -0.25) is 0 Å². The molecule has 23 heavy (non-hydrogen) atoms. The molecule has 3 aromatic carbocycles. The van der Waals surface area contributed by atoms with E-state index in [1.54, 1.807) is 0 Å². The Kier molecular flexibility index (Phi) is 3.53. The molecule has 0 unspecified atom stereocenters. The Balaban J connectivity index is 1.90. The first-order valence-electron chi connectivity index (χ1n) is 7.72. The first-order valence-corrected chi connectivity index (χ1v) is 7.72. The molecule has 1 heteroatoms. The SMILES string of the molecule is C1=Cc2ccccc2OC1=C(c1ccccc1)c1ccccc1. The van der Waals surface area contributed by atoms with Gasteiger partial charge in [0.25, 0.3) is 0 Å². The van der Waals surface area contributed by atoms with Crippen LogP contribution in [0.15, 0.2) is 96.8 Å². The monoisotopic (exact) mass is 296 g/mol. The fraction of sp³-hybridized carbons (Fsp3) is 0. The fourth-order valence-electron chi connectivity index (χ4n) is 2.82. The average molecular weight is 296 g/mol. The van der Waals surface area contributed by atoms with Crippen LogP contribution in [0, 0.1) is 0 Å². The van der Waals surface area contributed by atoms with Gasteiger partial charge in [0.15, 0.2) is 0 Å². The zero-order chi connectivity index (χ0) is 15.5. The molecular weight excluding hydrogens is 280 g/mol. The maximum atomic E-state index is 6.20. The number of hydrogen-bond donors (Lipinski definition) is 0. The third-order valence-corrected chi connectivity index (χ3v) is 3.92. The van der Waals surface area contributed by atoms with Crippen LogP contribution in [0.1, 0.15) is 16.7 Å². The van der Waals surface area contributed by atoms with E-state index in [-0.39, 0.29) is 0 Å². The predicted octanol–water partition coefficient (Wildman–Crippen LogP) is 5.55. The molecule has 0 atom stereocenters. The normalized spacial score (nSPS) is 12.4. The van der Waals surface area contributed by atoms with Crippen molar-refractivity contribution >= 4 is 11.6 Å². The number of benzene rings is 3. The molecule has 0 saturated heterocycles. The highest BCUT2D eigenvalue weighted by atomic mass is 16.5. The smallest absolute Gasteiger partial charge is 0.135 e. The second kappa shape index (κ2) is 5.98. The molecule has 1 heterocycles. The second-order valence-electron chi connectivity index (χ2n) is 5.44. The minimum atomic E-state index is 0.876. The van der Waals surface area contributed by atoms with Crippen LogP contribution in [0.5, 0.6) is 5.75 Å². The number of ether oxygens (including phenoxy) is 1. The highest BCUT2D eigenvalue weighted by Crippen LogP contribution is 2.34. The van der Waals surface area contributed by atoms with E-state index in [0.29, 0.717) is 0 Å². The highest BCUT2D eigenvalue weighted by molar-refractivity contribution is 5.84. The number of para-hydroxylation sites is 1. The van der Waals surface area contributed by atoms with Crippen LogP contribution in [-0.2, 0) is 0 Å². The summed E-state index contributed by atoms with van der Waals surface area (Å²) in [5.41, 5.74) is 4.52. The Labute approximate surface area is 136 Å². The summed E-state index contributed by atoms with van der Waals surface area (Å²) in [6, 6.07) is 28.8. The first-order chi connectivity index (χ1) is 11.4. The van der Waals surface area contributed by atoms with E-state index < -0.39 is 0 Å². The highest BCUT2D eigenvalue weighted by Gasteiger charge is 2.16. The molecule has 0 fully saturated rings. The van der Waals surface area contributed by atoms with Gasteiger partial charge in [-0.25, -0.2) is 0 Å². The van der Waals surface area contributed by atoms with E-state index >= 15 is 0 Å². The number of hydrogen-bond acceptors (Lipinski definition) is 1. The molecule has 3 aromatic rings. The molecule has 0 N–H and O–H groups in total. The van der Waals surface area contributed by atoms with E-state index in [0.717, 1.165) is 33.8 Å². The van der Waals surface area contributed by atoms with Crippen molar-refractivity contribution in [2.24, 2.45) is 0 Å². The van der Waals surface area contributed by atoms with Crippen molar-refractivity contribution in [3.63, 3.8) is 0 Å². The zero-order valence-corrected chi connectivity index (χ0v) is 12.6. The van der Waals surface area contributed by atoms with Gasteiger partial charge in [0.1, 0.15) is 11.5 Å². The Hall–Kier alpha value is -3.06. The van der Waals surface area contributed by atoms with Crippen molar-refractivity contribution in [3.8, 4) is 5.75 Å². The van der Waals surface area contributed by atoms with Crippen molar-refractivity contribution in [2.45, 2.75) is 0 Å². The summed E-state index contributed by atoms with van der Waals surface area (Å²) in [7, 11) is 0. The van der Waals surface area contributed by atoms with Gasteiger partial charge in [-0.1, -0.05) is 78.9 Å². The number of fused-ring (bicyclic) bond motifs is 1. The van der Waals surface area contributed by atoms with Gasteiger partial charge in [0.2, 0.25) is 0 Å². The maximum absolute atomic E-state index is 6.20. The molecule has 0 spiro atoms. The van der Waals surface area contributed by atoms with Crippen LogP contribution < -0.4 is 4.74 Å². The molecule has 110 valence electrons. The van der Waals surface area contributed by atoms with Gasteiger partial charge in [-0.2, -0.15) is 0 Å². The predicted molar refractivity (Wildman–Crippen MR) is 95.0 cm³/mol. The van der Waals surface area contributed by atoms with E-state index in [1.807, 2.05) is 30.3 Å². The van der Waals surface area contributed by atoms with Gasteiger partial charge in [-0.15, -0.1) is 0 Å². The molecule has 4 rings (SSSR count). The van der Waals surface area contributed by atoms with Crippen LogP contribution in [0.3, 0.4) is 0 Å². The molecule has 1 aliphatic heterocycles. The van der Waals surface area contributed by atoms with Gasteiger partial charge in [0, 0.05) is 11.1 Å². The largest absolute Gasteiger partial charge is 0.456 e. The standard InChI is InChI=1S/C22H16O/c1-3-10-18(11-4-1)22(19-12-5-2-6-13-19)21-16-15-17-9-7-8-14-20(17)23-21/h1-16H. The fourth-order valence-corrected chi connectivity index (χ4v) is 2.82. The molecule has 1 nitrogen and oxygen atoms in total. The molecular formula is C22H16O. The van der Waals surface area contributed by atoms with Crippen LogP contribution in [0.25, 0.3) is 11.6 Å². The summed E-state index contributed by atoms with van der Waals surface area (Å²) in [6.45, 7) is 0. The average Bonchev–Trinajstić information content (AvgIpc) is 2.64. The Bertz CT molecular complexity index is 833. The second-order valence-corrected chi connectivity index (χ2v) is 5.44. The summed E-state index contributed by atoms with van der Waals surface area (Å²) in [4.78, 5) is 0. The molecule has 0 bridgehead atoms. The minimum Gasteiger partial charge on any atom is -0.456 e. The van der Waals surface area contributed by atoms with Crippen molar-refractivity contribution in [3.05, 3.63) is 113 Å². The van der Waals surface area contributed by atoms with Crippen molar-refractivity contribution in [2.75, 3.05) is 0 Å². The molecule has 0 aromatic heterocycles. The lowest BCUT2D eigenvalue weighted by Gasteiger charge is -2.19. The van der Waals surface area contributed by atoms with Crippen LogP contribution in [0.2, 0.25) is 0 Å². The Morgan fingerprint density at radius 2 is 1.13 bits per heavy atom. The maximum Gasteiger partial charge on any atom is 0.135 e.